The van der Waals surface area contributed by atoms with Gasteiger partial charge in [0, 0.05) is 17.5 Å². The zero-order valence-corrected chi connectivity index (χ0v) is 15.8. The number of benzene rings is 2. The van der Waals surface area contributed by atoms with E-state index < -0.39 is 0 Å². The number of anilines is 1. The van der Waals surface area contributed by atoms with Crippen molar-refractivity contribution in [1.29, 1.82) is 0 Å². The van der Waals surface area contributed by atoms with Crippen LogP contribution in [0.3, 0.4) is 0 Å². The Bertz CT molecular complexity index is 997. The third-order valence-corrected chi connectivity index (χ3v) is 5.49. The monoisotopic (exact) mass is 374 g/mol. The van der Waals surface area contributed by atoms with Crippen molar-refractivity contribution >= 4 is 11.6 Å². The zero-order chi connectivity index (χ0) is 19.1. The molecule has 2 heterocycles. The molecule has 6 heteroatoms. The molecule has 1 unspecified atom stereocenters. The Hall–Kier alpha value is -3.15. The second-order valence-electron chi connectivity index (χ2n) is 7.52. The Morgan fingerprint density at radius 2 is 1.71 bits per heavy atom. The molecule has 28 heavy (non-hydrogen) atoms. The molecule has 2 aromatic carbocycles. The summed E-state index contributed by atoms with van der Waals surface area (Å²) in [5.74, 6) is 1.90. The van der Waals surface area contributed by atoms with E-state index in [0.717, 1.165) is 54.1 Å². The van der Waals surface area contributed by atoms with Crippen LogP contribution < -0.4 is 9.64 Å². The van der Waals surface area contributed by atoms with E-state index in [1.807, 2.05) is 47.4 Å². The molecule has 1 amide bonds. The number of fused-ring (bicyclic) bond motifs is 1. The largest absolute Gasteiger partial charge is 0.455 e. The minimum atomic E-state index is 0.180. The van der Waals surface area contributed by atoms with Gasteiger partial charge in [-0.2, -0.15) is 10.2 Å². The van der Waals surface area contributed by atoms with Crippen LogP contribution in [0.2, 0.25) is 0 Å². The second kappa shape index (κ2) is 6.78. The fraction of sp³-hybridized carbons (Fsp3) is 0.318. The van der Waals surface area contributed by atoms with Crippen molar-refractivity contribution in [2.75, 3.05) is 4.90 Å². The lowest BCUT2D eigenvalue weighted by Gasteiger charge is -2.36. The van der Waals surface area contributed by atoms with E-state index in [9.17, 15) is 4.79 Å². The molecule has 0 N–H and O–H groups in total. The number of aromatic nitrogens is 3. The highest BCUT2D eigenvalue weighted by Crippen LogP contribution is 2.44. The fourth-order valence-electron chi connectivity index (χ4n) is 3.87. The number of rotatable bonds is 4. The van der Waals surface area contributed by atoms with Gasteiger partial charge in [0.15, 0.2) is 5.75 Å². The van der Waals surface area contributed by atoms with Crippen molar-refractivity contribution in [2.45, 2.75) is 38.6 Å². The van der Waals surface area contributed by atoms with Gasteiger partial charge in [-0.05, 0) is 56.9 Å². The van der Waals surface area contributed by atoms with Crippen molar-refractivity contribution in [3.63, 3.8) is 0 Å². The summed E-state index contributed by atoms with van der Waals surface area (Å²) in [6.07, 6.45) is 7.06. The Kier molecular flexibility index (Phi) is 4.11. The van der Waals surface area contributed by atoms with Gasteiger partial charge in [-0.1, -0.05) is 18.2 Å². The molecular weight excluding hydrogens is 352 g/mol. The van der Waals surface area contributed by atoms with Crippen LogP contribution in [-0.2, 0) is 11.2 Å². The highest BCUT2D eigenvalue weighted by molar-refractivity contribution is 5.98. The molecule has 0 bridgehead atoms. The molecule has 1 aromatic heterocycles. The van der Waals surface area contributed by atoms with Crippen LogP contribution in [0, 0.1) is 5.92 Å². The summed E-state index contributed by atoms with van der Waals surface area (Å²) >= 11 is 0. The number of para-hydroxylation sites is 1. The molecule has 1 aliphatic heterocycles. The third kappa shape index (κ3) is 2.95. The van der Waals surface area contributed by atoms with Crippen molar-refractivity contribution in [3.05, 3.63) is 60.4 Å². The Morgan fingerprint density at radius 3 is 2.43 bits per heavy atom. The molecule has 3 aromatic rings. The van der Waals surface area contributed by atoms with Crippen molar-refractivity contribution in [3.8, 4) is 17.2 Å². The normalized spacial score (nSPS) is 18.6. The summed E-state index contributed by atoms with van der Waals surface area (Å²) < 4.78 is 6.33. The van der Waals surface area contributed by atoms with Gasteiger partial charge in [-0.3, -0.25) is 4.79 Å². The molecule has 0 radical (unpaired) electrons. The van der Waals surface area contributed by atoms with E-state index in [-0.39, 0.29) is 17.9 Å². The van der Waals surface area contributed by atoms with Crippen molar-refractivity contribution < 1.29 is 9.53 Å². The maximum atomic E-state index is 13.0. The summed E-state index contributed by atoms with van der Waals surface area (Å²) in [5.41, 5.74) is 2.78. The van der Waals surface area contributed by atoms with Crippen molar-refractivity contribution in [1.82, 2.24) is 15.0 Å². The molecule has 1 saturated carbocycles. The number of nitrogens with zero attached hydrogens (tertiary/aromatic N) is 4. The highest BCUT2D eigenvalue weighted by atomic mass is 16.5. The average Bonchev–Trinajstić information content (AvgIpc) is 3.43. The molecule has 1 atom stereocenters. The lowest BCUT2D eigenvalue weighted by atomic mass is 9.94. The maximum absolute atomic E-state index is 13.0. The molecule has 6 nitrogen and oxygen atoms in total. The first-order chi connectivity index (χ1) is 13.7. The van der Waals surface area contributed by atoms with E-state index >= 15 is 0 Å². The van der Waals surface area contributed by atoms with Gasteiger partial charge in [-0.15, -0.1) is 4.80 Å². The van der Waals surface area contributed by atoms with Gasteiger partial charge in [-0.25, -0.2) is 0 Å². The molecule has 0 spiro atoms. The van der Waals surface area contributed by atoms with Crippen LogP contribution in [0.15, 0.2) is 54.9 Å². The van der Waals surface area contributed by atoms with Crippen LogP contribution in [0.25, 0.3) is 5.69 Å². The van der Waals surface area contributed by atoms with E-state index in [0.29, 0.717) is 0 Å². The van der Waals surface area contributed by atoms with Gasteiger partial charge < -0.3 is 9.64 Å². The van der Waals surface area contributed by atoms with E-state index in [1.165, 1.54) is 0 Å². The molecule has 5 rings (SSSR count). The lowest BCUT2D eigenvalue weighted by Crippen LogP contribution is -2.43. The SMILES string of the molecule is CC1CCc2c(ccc(-n3nccn3)c2Oc2ccccc2)N1C(=O)C1CC1. The summed E-state index contributed by atoms with van der Waals surface area (Å²) in [5, 5.41) is 8.58. The Balaban J connectivity index is 1.65. The smallest absolute Gasteiger partial charge is 0.230 e. The van der Waals surface area contributed by atoms with Crippen LogP contribution in [-0.4, -0.2) is 26.9 Å². The van der Waals surface area contributed by atoms with Gasteiger partial charge in [0.2, 0.25) is 5.91 Å². The molecular formula is C22H22N4O2. The summed E-state index contributed by atoms with van der Waals surface area (Å²) in [6.45, 7) is 2.13. The molecule has 1 aliphatic carbocycles. The third-order valence-electron chi connectivity index (χ3n) is 5.49. The predicted octanol–water partition coefficient (Wildman–Crippen LogP) is 4.14. The minimum Gasteiger partial charge on any atom is -0.455 e. The highest BCUT2D eigenvalue weighted by Gasteiger charge is 2.39. The van der Waals surface area contributed by atoms with Crippen LogP contribution in [0.4, 0.5) is 5.69 Å². The van der Waals surface area contributed by atoms with Gasteiger partial charge >= 0.3 is 0 Å². The second-order valence-corrected chi connectivity index (χ2v) is 7.52. The Labute approximate surface area is 163 Å². The molecule has 2 aliphatic rings. The quantitative estimate of drug-likeness (QED) is 0.689. The average molecular weight is 374 g/mol. The number of amides is 1. The van der Waals surface area contributed by atoms with E-state index in [1.54, 1.807) is 17.2 Å². The fourth-order valence-corrected chi connectivity index (χ4v) is 3.87. The standard InChI is InChI=1S/C22H22N4O2/c1-15-7-10-18-19(25(15)22(27)16-8-9-16)11-12-20(26-23-13-14-24-26)21(18)28-17-5-3-2-4-6-17/h2-6,11-16H,7-10H2,1H3. The van der Waals surface area contributed by atoms with Crippen LogP contribution >= 0.6 is 0 Å². The topological polar surface area (TPSA) is 60.2 Å². The van der Waals surface area contributed by atoms with Gasteiger partial charge in [0.1, 0.15) is 11.4 Å². The Morgan fingerprint density at radius 1 is 1.00 bits per heavy atom. The van der Waals surface area contributed by atoms with Crippen molar-refractivity contribution in [2.24, 2.45) is 5.92 Å². The molecule has 0 saturated heterocycles. The first kappa shape index (κ1) is 17.0. The number of carbonyl (C=O) groups is 1. The lowest BCUT2D eigenvalue weighted by molar-refractivity contribution is -0.120. The molecule has 1 fully saturated rings. The van der Waals surface area contributed by atoms with Gasteiger partial charge in [0.25, 0.3) is 0 Å². The number of hydrogen-bond donors (Lipinski definition) is 0. The van der Waals surface area contributed by atoms with E-state index in [4.69, 9.17) is 4.74 Å². The summed E-state index contributed by atoms with van der Waals surface area (Å²) in [4.78, 5) is 16.5. The number of hydrogen-bond acceptors (Lipinski definition) is 4. The van der Waals surface area contributed by atoms with Gasteiger partial charge in [0.05, 0.1) is 18.1 Å². The van der Waals surface area contributed by atoms with E-state index in [2.05, 4.69) is 17.1 Å². The molecule has 142 valence electrons. The number of ether oxygens (including phenoxy) is 1. The van der Waals surface area contributed by atoms with Crippen LogP contribution in [0.5, 0.6) is 11.5 Å². The first-order valence-corrected chi connectivity index (χ1v) is 9.81. The minimum absolute atomic E-state index is 0.180. The summed E-state index contributed by atoms with van der Waals surface area (Å²) in [7, 11) is 0. The zero-order valence-electron chi connectivity index (χ0n) is 15.8. The predicted molar refractivity (Wildman–Crippen MR) is 106 cm³/mol. The van der Waals surface area contributed by atoms with Crippen LogP contribution in [0.1, 0.15) is 31.7 Å². The number of carbonyl (C=O) groups excluding carboxylic acids is 1. The first-order valence-electron chi connectivity index (χ1n) is 9.81. The summed E-state index contributed by atoms with van der Waals surface area (Å²) in [6, 6.07) is 13.9. The maximum Gasteiger partial charge on any atom is 0.230 e.